The smallest absolute Gasteiger partial charge is 0.0543 e. The Morgan fingerprint density at radius 1 is 0.850 bits per heavy atom. The minimum absolute atomic E-state index is 0.119. The van der Waals surface area contributed by atoms with Crippen molar-refractivity contribution in [2.24, 2.45) is 0 Å². The molecule has 0 spiro atoms. The Labute approximate surface area is 125 Å². The highest BCUT2D eigenvalue weighted by Crippen LogP contribution is 2.13. The van der Waals surface area contributed by atoms with Crippen LogP contribution >= 0.6 is 0 Å². The molecule has 1 unspecified atom stereocenters. The number of hydrogen-bond donors (Lipinski definition) is 1. The van der Waals surface area contributed by atoms with Crippen LogP contribution in [-0.4, -0.2) is 11.2 Å². The molecule has 0 amide bonds. The van der Waals surface area contributed by atoms with Crippen LogP contribution in [0.4, 0.5) is 0 Å². The molecule has 0 heterocycles. The summed E-state index contributed by atoms with van der Waals surface area (Å²) in [7, 11) is 0. The molecule has 1 atom stereocenters. The van der Waals surface area contributed by atoms with Crippen molar-refractivity contribution in [3.05, 3.63) is 35.4 Å². The molecule has 1 aromatic carbocycles. The lowest BCUT2D eigenvalue weighted by atomic mass is 10.0. The van der Waals surface area contributed by atoms with Crippen molar-refractivity contribution in [1.29, 1.82) is 0 Å². The van der Waals surface area contributed by atoms with Gasteiger partial charge in [0.2, 0.25) is 0 Å². The SMILES string of the molecule is CCCCCCCCCC(O)CCc1ccc(C)cc1. The van der Waals surface area contributed by atoms with Crippen molar-refractivity contribution in [2.75, 3.05) is 0 Å². The third-order valence-electron chi connectivity index (χ3n) is 4.03. The van der Waals surface area contributed by atoms with Gasteiger partial charge in [0.15, 0.2) is 0 Å². The lowest BCUT2D eigenvalue weighted by Gasteiger charge is -2.10. The summed E-state index contributed by atoms with van der Waals surface area (Å²) in [6, 6.07) is 8.65. The predicted octanol–water partition coefficient (Wildman–Crippen LogP) is 5.43. The van der Waals surface area contributed by atoms with Gasteiger partial charge in [0, 0.05) is 0 Å². The molecule has 1 rings (SSSR count). The fourth-order valence-electron chi connectivity index (χ4n) is 2.57. The fourth-order valence-corrected chi connectivity index (χ4v) is 2.57. The van der Waals surface area contributed by atoms with Crippen LogP contribution in [0.3, 0.4) is 0 Å². The van der Waals surface area contributed by atoms with E-state index in [0.29, 0.717) is 0 Å². The van der Waals surface area contributed by atoms with Gasteiger partial charge in [0.1, 0.15) is 0 Å². The van der Waals surface area contributed by atoms with Gasteiger partial charge < -0.3 is 5.11 Å². The molecule has 1 nitrogen and oxygen atoms in total. The zero-order valence-electron chi connectivity index (χ0n) is 13.4. The zero-order chi connectivity index (χ0) is 14.6. The van der Waals surface area contributed by atoms with Gasteiger partial charge in [0.25, 0.3) is 0 Å². The summed E-state index contributed by atoms with van der Waals surface area (Å²) in [5.74, 6) is 0. The third kappa shape index (κ3) is 8.37. The summed E-state index contributed by atoms with van der Waals surface area (Å²) in [4.78, 5) is 0. The van der Waals surface area contributed by atoms with Crippen LogP contribution in [0.5, 0.6) is 0 Å². The minimum Gasteiger partial charge on any atom is -0.393 e. The number of unbranched alkanes of at least 4 members (excludes halogenated alkanes) is 6. The largest absolute Gasteiger partial charge is 0.393 e. The maximum absolute atomic E-state index is 10.0. The van der Waals surface area contributed by atoms with Crippen LogP contribution in [-0.2, 0) is 6.42 Å². The number of aryl methyl sites for hydroxylation is 2. The Morgan fingerprint density at radius 2 is 1.45 bits per heavy atom. The van der Waals surface area contributed by atoms with E-state index < -0.39 is 0 Å². The van der Waals surface area contributed by atoms with Gasteiger partial charge >= 0.3 is 0 Å². The second-order valence-corrected chi connectivity index (χ2v) is 6.09. The third-order valence-corrected chi connectivity index (χ3v) is 4.03. The highest BCUT2D eigenvalue weighted by molar-refractivity contribution is 5.21. The van der Waals surface area contributed by atoms with Crippen molar-refractivity contribution in [2.45, 2.75) is 84.2 Å². The van der Waals surface area contributed by atoms with E-state index >= 15 is 0 Å². The van der Waals surface area contributed by atoms with Crippen molar-refractivity contribution in [1.82, 2.24) is 0 Å². The van der Waals surface area contributed by atoms with Crippen LogP contribution in [0.25, 0.3) is 0 Å². The molecule has 20 heavy (non-hydrogen) atoms. The average Bonchev–Trinajstić information content (AvgIpc) is 2.46. The Balaban J connectivity index is 2.00. The van der Waals surface area contributed by atoms with Crippen molar-refractivity contribution in [3.63, 3.8) is 0 Å². The van der Waals surface area contributed by atoms with E-state index in [4.69, 9.17) is 0 Å². The predicted molar refractivity (Wildman–Crippen MR) is 88.1 cm³/mol. The van der Waals surface area contributed by atoms with Gasteiger partial charge in [-0.1, -0.05) is 81.7 Å². The summed E-state index contributed by atoms with van der Waals surface area (Å²) < 4.78 is 0. The van der Waals surface area contributed by atoms with Gasteiger partial charge in [-0.05, 0) is 31.7 Å². The van der Waals surface area contributed by atoms with Gasteiger partial charge in [0.05, 0.1) is 6.10 Å². The van der Waals surface area contributed by atoms with Crippen molar-refractivity contribution >= 4 is 0 Å². The first kappa shape index (κ1) is 17.2. The van der Waals surface area contributed by atoms with Crippen LogP contribution in [0.2, 0.25) is 0 Å². The van der Waals surface area contributed by atoms with Gasteiger partial charge in [-0.3, -0.25) is 0 Å². The monoisotopic (exact) mass is 276 g/mol. The van der Waals surface area contributed by atoms with E-state index in [-0.39, 0.29) is 6.10 Å². The Bertz CT molecular complexity index is 328. The molecule has 1 heteroatoms. The molecule has 114 valence electrons. The maximum atomic E-state index is 10.0. The molecule has 0 saturated heterocycles. The first-order chi connectivity index (χ1) is 9.72. The molecule has 0 radical (unpaired) electrons. The normalized spacial score (nSPS) is 12.6. The zero-order valence-corrected chi connectivity index (χ0v) is 13.4. The first-order valence-corrected chi connectivity index (χ1v) is 8.46. The Hall–Kier alpha value is -0.820. The maximum Gasteiger partial charge on any atom is 0.0543 e. The van der Waals surface area contributed by atoms with Crippen molar-refractivity contribution in [3.8, 4) is 0 Å². The Kier molecular flexibility index (Phi) is 9.40. The fraction of sp³-hybridized carbons (Fsp3) is 0.684. The first-order valence-electron chi connectivity index (χ1n) is 8.46. The van der Waals surface area contributed by atoms with Gasteiger partial charge in [-0.2, -0.15) is 0 Å². The summed E-state index contributed by atoms with van der Waals surface area (Å²) in [6.45, 7) is 4.36. The number of hydrogen-bond acceptors (Lipinski definition) is 1. The Morgan fingerprint density at radius 3 is 2.10 bits per heavy atom. The molecule has 0 saturated carbocycles. The van der Waals surface area contributed by atoms with E-state index in [2.05, 4.69) is 38.1 Å². The highest BCUT2D eigenvalue weighted by Gasteiger charge is 2.04. The lowest BCUT2D eigenvalue weighted by Crippen LogP contribution is -2.07. The lowest BCUT2D eigenvalue weighted by molar-refractivity contribution is 0.151. The topological polar surface area (TPSA) is 20.2 Å². The number of benzene rings is 1. The van der Waals surface area contributed by atoms with Crippen LogP contribution in [0.1, 0.15) is 75.8 Å². The highest BCUT2D eigenvalue weighted by atomic mass is 16.3. The van der Waals surface area contributed by atoms with E-state index in [1.165, 1.54) is 56.1 Å². The number of aliphatic hydroxyl groups is 1. The van der Waals surface area contributed by atoms with Crippen LogP contribution in [0.15, 0.2) is 24.3 Å². The summed E-state index contributed by atoms with van der Waals surface area (Å²) in [6.07, 6.45) is 12.0. The molecule has 0 bridgehead atoms. The standard InChI is InChI=1S/C19H32O/c1-3-4-5-6-7-8-9-10-19(20)16-15-18-13-11-17(2)12-14-18/h11-14,19-20H,3-10,15-16H2,1-2H3. The van der Waals surface area contributed by atoms with Gasteiger partial charge in [-0.15, -0.1) is 0 Å². The van der Waals surface area contributed by atoms with E-state index in [1.807, 2.05) is 0 Å². The summed E-state index contributed by atoms with van der Waals surface area (Å²) in [5, 5.41) is 10.0. The van der Waals surface area contributed by atoms with Crippen LogP contribution < -0.4 is 0 Å². The average molecular weight is 276 g/mol. The summed E-state index contributed by atoms with van der Waals surface area (Å²) in [5.41, 5.74) is 2.64. The second kappa shape index (κ2) is 10.9. The molecule has 1 N–H and O–H groups in total. The van der Waals surface area contributed by atoms with E-state index in [1.54, 1.807) is 0 Å². The van der Waals surface area contributed by atoms with Crippen molar-refractivity contribution < 1.29 is 5.11 Å². The van der Waals surface area contributed by atoms with E-state index in [9.17, 15) is 5.11 Å². The molecular formula is C19H32O. The minimum atomic E-state index is -0.119. The number of rotatable bonds is 11. The molecule has 0 aliphatic rings. The van der Waals surface area contributed by atoms with Crippen LogP contribution in [0, 0.1) is 6.92 Å². The molecule has 0 fully saturated rings. The number of aliphatic hydroxyl groups excluding tert-OH is 1. The van der Waals surface area contributed by atoms with E-state index in [0.717, 1.165) is 19.3 Å². The molecule has 0 aliphatic heterocycles. The molecule has 0 aromatic heterocycles. The quantitative estimate of drug-likeness (QED) is 0.534. The molecule has 0 aliphatic carbocycles. The summed E-state index contributed by atoms with van der Waals surface area (Å²) >= 11 is 0. The molecule has 1 aromatic rings. The van der Waals surface area contributed by atoms with Gasteiger partial charge in [-0.25, -0.2) is 0 Å². The second-order valence-electron chi connectivity index (χ2n) is 6.09. The molecular weight excluding hydrogens is 244 g/mol.